The fraction of sp³-hybridized carbons (Fsp3) is 0.167. The first-order chi connectivity index (χ1) is 12.3. The van der Waals surface area contributed by atoms with Crippen LogP contribution in [0.15, 0.2) is 41.2 Å². The first-order valence-corrected chi connectivity index (χ1v) is 7.93. The molecule has 1 aromatic heterocycles. The zero-order valence-corrected chi connectivity index (χ0v) is 14.5. The smallest absolute Gasteiger partial charge is 0.416 e. The van der Waals surface area contributed by atoms with Crippen molar-refractivity contribution in [1.82, 2.24) is 4.98 Å². The maximum absolute atomic E-state index is 13.2. The summed E-state index contributed by atoms with van der Waals surface area (Å²) in [6, 6.07) is 7.91. The predicted octanol–water partition coefficient (Wildman–Crippen LogP) is 4.92. The molecule has 136 valence electrons. The number of benzene rings is 2. The van der Waals surface area contributed by atoms with E-state index in [2.05, 4.69) is 10.3 Å². The Morgan fingerprint density at radius 1 is 1.15 bits per heavy atom. The van der Waals surface area contributed by atoms with Gasteiger partial charge in [-0.15, -0.1) is 0 Å². The number of anilines is 1. The van der Waals surface area contributed by atoms with Crippen molar-refractivity contribution in [3.8, 4) is 16.9 Å². The molecule has 3 aromatic rings. The summed E-state index contributed by atoms with van der Waals surface area (Å²) >= 11 is 6.07. The van der Waals surface area contributed by atoms with E-state index < -0.39 is 17.3 Å². The fourth-order valence-corrected chi connectivity index (χ4v) is 3.04. The molecule has 2 aromatic carbocycles. The molecule has 0 aliphatic carbocycles. The van der Waals surface area contributed by atoms with Gasteiger partial charge < -0.3 is 15.0 Å². The van der Waals surface area contributed by atoms with Gasteiger partial charge in [-0.1, -0.05) is 11.6 Å². The van der Waals surface area contributed by atoms with Gasteiger partial charge in [0.15, 0.2) is 0 Å². The number of aromatic nitrogens is 1. The number of aromatic amines is 1. The minimum absolute atomic E-state index is 0.123. The molecular formula is C18H14ClF3N2O2. The highest BCUT2D eigenvalue weighted by atomic mass is 35.5. The molecule has 0 aliphatic heterocycles. The third kappa shape index (κ3) is 3.10. The molecule has 0 atom stereocenters. The van der Waals surface area contributed by atoms with Crippen molar-refractivity contribution in [3.63, 3.8) is 0 Å². The second-order valence-electron chi connectivity index (χ2n) is 5.56. The van der Waals surface area contributed by atoms with E-state index in [4.69, 9.17) is 16.3 Å². The van der Waals surface area contributed by atoms with Crippen molar-refractivity contribution in [2.75, 3.05) is 19.5 Å². The molecule has 0 radical (unpaired) electrons. The van der Waals surface area contributed by atoms with Crippen LogP contribution >= 0.6 is 11.6 Å². The molecule has 0 bridgehead atoms. The molecule has 8 heteroatoms. The molecule has 0 saturated carbocycles. The van der Waals surface area contributed by atoms with E-state index in [0.717, 1.165) is 12.1 Å². The number of hydrogen-bond donors (Lipinski definition) is 2. The molecule has 0 unspecified atom stereocenters. The van der Waals surface area contributed by atoms with E-state index in [-0.39, 0.29) is 22.2 Å². The first kappa shape index (κ1) is 18.1. The standard InChI is InChI=1S/C18H14ClF3N2O2/c1-23-16-15(12-8-10(19)4-6-14(12)26-2)11-7-9(18(20,21)22)3-5-13(11)24-17(16)25/h3-8,23H,1-2H3,(H,24,25). The van der Waals surface area contributed by atoms with Gasteiger partial charge in [0.2, 0.25) is 0 Å². The van der Waals surface area contributed by atoms with Gasteiger partial charge in [-0.3, -0.25) is 4.79 Å². The number of alkyl halides is 3. The van der Waals surface area contributed by atoms with Crippen LogP contribution in [0.4, 0.5) is 18.9 Å². The van der Waals surface area contributed by atoms with Crippen LogP contribution in [0, 0.1) is 0 Å². The van der Waals surface area contributed by atoms with Gasteiger partial charge in [0.05, 0.1) is 12.7 Å². The molecule has 0 saturated heterocycles. The second-order valence-corrected chi connectivity index (χ2v) is 5.99. The van der Waals surface area contributed by atoms with Crippen LogP contribution in [-0.4, -0.2) is 19.1 Å². The van der Waals surface area contributed by atoms with Crippen LogP contribution in [0.1, 0.15) is 5.56 Å². The van der Waals surface area contributed by atoms with Gasteiger partial charge in [0, 0.05) is 34.1 Å². The summed E-state index contributed by atoms with van der Waals surface area (Å²) in [6.45, 7) is 0. The van der Waals surface area contributed by atoms with E-state index in [1.54, 1.807) is 18.2 Å². The van der Waals surface area contributed by atoms with E-state index in [0.29, 0.717) is 16.3 Å². The summed E-state index contributed by atoms with van der Waals surface area (Å²) in [7, 11) is 2.95. The zero-order valence-electron chi connectivity index (χ0n) is 13.8. The van der Waals surface area contributed by atoms with Crippen LogP contribution in [0.2, 0.25) is 5.02 Å². The van der Waals surface area contributed by atoms with Crippen molar-refractivity contribution in [3.05, 3.63) is 57.3 Å². The van der Waals surface area contributed by atoms with Crippen molar-refractivity contribution in [2.45, 2.75) is 6.18 Å². The average Bonchev–Trinajstić information content (AvgIpc) is 2.59. The SMILES string of the molecule is CNc1c(-c2cc(Cl)ccc2OC)c2cc(C(F)(F)F)ccc2[nH]c1=O. The van der Waals surface area contributed by atoms with Crippen molar-refractivity contribution < 1.29 is 17.9 Å². The number of halogens is 4. The zero-order chi connectivity index (χ0) is 19.1. The number of rotatable bonds is 3. The first-order valence-electron chi connectivity index (χ1n) is 7.55. The van der Waals surface area contributed by atoms with E-state index in [1.165, 1.54) is 20.2 Å². The van der Waals surface area contributed by atoms with Crippen molar-refractivity contribution in [2.24, 2.45) is 0 Å². The number of H-pyrrole nitrogens is 1. The Morgan fingerprint density at radius 3 is 2.50 bits per heavy atom. The largest absolute Gasteiger partial charge is 0.496 e. The fourth-order valence-electron chi connectivity index (χ4n) is 2.86. The van der Waals surface area contributed by atoms with Gasteiger partial charge in [0.1, 0.15) is 11.4 Å². The Labute approximate surface area is 151 Å². The van der Waals surface area contributed by atoms with Gasteiger partial charge >= 0.3 is 6.18 Å². The minimum atomic E-state index is -4.51. The summed E-state index contributed by atoms with van der Waals surface area (Å²) in [6.07, 6.45) is -4.51. The second kappa shape index (κ2) is 6.57. The van der Waals surface area contributed by atoms with Gasteiger partial charge in [0.25, 0.3) is 5.56 Å². The van der Waals surface area contributed by atoms with Crippen LogP contribution in [-0.2, 0) is 6.18 Å². The van der Waals surface area contributed by atoms with Crippen molar-refractivity contribution in [1.29, 1.82) is 0 Å². The summed E-state index contributed by atoms with van der Waals surface area (Å²) < 4.78 is 44.9. The van der Waals surface area contributed by atoms with Gasteiger partial charge in [-0.05, 0) is 36.4 Å². The lowest BCUT2D eigenvalue weighted by Gasteiger charge is -2.17. The Kier molecular flexibility index (Phi) is 4.58. The molecule has 0 aliphatic rings. The lowest BCUT2D eigenvalue weighted by atomic mass is 9.97. The Bertz CT molecular complexity index is 1050. The van der Waals surface area contributed by atoms with Crippen molar-refractivity contribution >= 4 is 28.2 Å². The van der Waals surface area contributed by atoms with Gasteiger partial charge in [-0.2, -0.15) is 13.2 Å². The summed E-state index contributed by atoms with van der Waals surface area (Å²) in [5.74, 6) is 0.384. The number of methoxy groups -OCH3 is 1. The number of pyridine rings is 1. The van der Waals surface area contributed by atoms with Crippen LogP contribution in [0.3, 0.4) is 0 Å². The molecule has 0 fully saturated rings. The topological polar surface area (TPSA) is 54.1 Å². The minimum Gasteiger partial charge on any atom is -0.496 e. The van der Waals surface area contributed by atoms with Crippen LogP contribution in [0.25, 0.3) is 22.0 Å². The Morgan fingerprint density at radius 2 is 1.88 bits per heavy atom. The maximum atomic E-state index is 13.2. The number of nitrogens with one attached hydrogen (secondary N) is 2. The molecule has 0 spiro atoms. The highest BCUT2D eigenvalue weighted by Crippen LogP contribution is 2.41. The third-order valence-electron chi connectivity index (χ3n) is 4.02. The highest BCUT2D eigenvalue weighted by Gasteiger charge is 2.31. The van der Waals surface area contributed by atoms with Gasteiger partial charge in [-0.25, -0.2) is 0 Å². The van der Waals surface area contributed by atoms with E-state index in [1.807, 2.05) is 0 Å². The molecule has 2 N–H and O–H groups in total. The summed E-state index contributed by atoms with van der Waals surface area (Å²) in [5.41, 5.74) is -0.175. The number of fused-ring (bicyclic) bond motifs is 1. The number of ether oxygens (including phenoxy) is 1. The maximum Gasteiger partial charge on any atom is 0.416 e. The number of hydrogen-bond acceptors (Lipinski definition) is 3. The summed E-state index contributed by atoms with van der Waals surface area (Å²) in [5, 5.41) is 3.35. The molecule has 4 nitrogen and oxygen atoms in total. The lowest BCUT2D eigenvalue weighted by molar-refractivity contribution is -0.137. The summed E-state index contributed by atoms with van der Waals surface area (Å²) in [4.78, 5) is 15.0. The highest BCUT2D eigenvalue weighted by molar-refractivity contribution is 6.31. The molecule has 1 heterocycles. The molecule has 26 heavy (non-hydrogen) atoms. The third-order valence-corrected chi connectivity index (χ3v) is 4.26. The molecule has 0 amide bonds. The Hall–Kier alpha value is -2.67. The monoisotopic (exact) mass is 382 g/mol. The Balaban J connectivity index is 2.49. The quantitative estimate of drug-likeness (QED) is 0.676. The molecule has 3 rings (SSSR count). The lowest BCUT2D eigenvalue weighted by Crippen LogP contribution is -2.14. The molecular weight excluding hydrogens is 369 g/mol. The van der Waals surface area contributed by atoms with Crippen LogP contribution < -0.4 is 15.6 Å². The van der Waals surface area contributed by atoms with E-state index in [9.17, 15) is 18.0 Å². The predicted molar refractivity (Wildman–Crippen MR) is 96.1 cm³/mol. The average molecular weight is 383 g/mol. The van der Waals surface area contributed by atoms with Crippen LogP contribution in [0.5, 0.6) is 5.75 Å². The normalized spacial score (nSPS) is 11.6. The van der Waals surface area contributed by atoms with E-state index >= 15 is 0 Å².